The zero-order valence-electron chi connectivity index (χ0n) is 25.4. The van der Waals surface area contributed by atoms with Gasteiger partial charge >= 0.3 is 5.97 Å². The summed E-state index contributed by atoms with van der Waals surface area (Å²) in [6, 6.07) is 10.3. The predicted octanol–water partition coefficient (Wildman–Crippen LogP) is 7.23. The van der Waals surface area contributed by atoms with Gasteiger partial charge in [0.05, 0.1) is 37.1 Å². The van der Waals surface area contributed by atoms with E-state index in [1.807, 2.05) is 65.0 Å². The van der Waals surface area contributed by atoms with E-state index >= 15 is 0 Å². The number of esters is 1. The summed E-state index contributed by atoms with van der Waals surface area (Å²) in [6.07, 6.45) is 12.3. The number of hydrogen-bond donors (Lipinski definition) is 0. The Morgan fingerprint density at radius 1 is 1.05 bits per heavy atom. The molecule has 0 aromatic heterocycles. The molecule has 6 heteroatoms. The van der Waals surface area contributed by atoms with Gasteiger partial charge in [0.1, 0.15) is 5.60 Å². The Labute approximate surface area is 240 Å². The molecule has 1 spiro atoms. The van der Waals surface area contributed by atoms with Crippen molar-refractivity contribution in [1.29, 1.82) is 0 Å². The summed E-state index contributed by atoms with van der Waals surface area (Å²) in [5, 5.41) is 0. The third kappa shape index (κ3) is 7.94. The highest BCUT2D eigenvalue weighted by Crippen LogP contribution is 2.50. The lowest BCUT2D eigenvalue weighted by Gasteiger charge is -2.53. The van der Waals surface area contributed by atoms with Crippen LogP contribution in [0.25, 0.3) is 0 Å². The van der Waals surface area contributed by atoms with Crippen LogP contribution in [0.3, 0.4) is 0 Å². The monoisotopic (exact) mass is 552 g/mol. The molecule has 1 aromatic rings. The van der Waals surface area contributed by atoms with E-state index in [0.29, 0.717) is 19.1 Å². The molecule has 3 heterocycles. The molecular weight excluding hydrogens is 504 g/mol. The van der Waals surface area contributed by atoms with Crippen molar-refractivity contribution in [2.24, 2.45) is 5.92 Å². The van der Waals surface area contributed by atoms with Gasteiger partial charge in [-0.25, -0.2) is 4.79 Å². The van der Waals surface area contributed by atoms with Crippen LogP contribution in [0.15, 0.2) is 65.8 Å². The van der Waals surface area contributed by atoms with Crippen LogP contribution in [-0.4, -0.2) is 47.9 Å². The Kier molecular flexibility index (Phi) is 9.77. The molecule has 0 radical (unpaired) electrons. The molecule has 1 aromatic carbocycles. The molecule has 4 rings (SSSR count). The quantitative estimate of drug-likeness (QED) is 0.193. The second-order valence-corrected chi connectivity index (χ2v) is 12.9. The molecule has 220 valence electrons. The Morgan fingerprint density at radius 3 is 2.52 bits per heavy atom. The summed E-state index contributed by atoms with van der Waals surface area (Å²) in [7, 11) is 0. The Balaban J connectivity index is 1.28. The van der Waals surface area contributed by atoms with Crippen molar-refractivity contribution in [3.05, 3.63) is 71.3 Å². The van der Waals surface area contributed by atoms with Gasteiger partial charge in [-0.05, 0) is 83.9 Å². The highest BCUT2D eigenvalue weighted by Gasteiger charge is 2.57. The number of rotatable bonds is 8. The highest BCUT2D eigenvalue weighted by atomic mass is 16.7. The van der Waals surface area contributed by atoms with Crippen molar-refractivity contribution < 1.29 is 28.5 Å². The zero-order valence-corrected chi connectivity index (χ0v) is 25.4. The van der Waals surface area contributed by atoms with Gasteiger partial charge in [-0.2, -0.15) is 0 Å². The van der Waals surface area contributed by atoms with Gasteiger partial charge in [0, 0.05) is 18.4 Å². The maximum atomic E-state index is 12.1. The second-order valence-electron chi connectivity index (χ2n) is 12.9. The summed E-state index contributed by atoms with van der Waals surface area (Å²) >= 11 is 0. The van der Waals surface area contributed by atoms with Crippen molar-refractivity contribution in [3.8, 4) is 0 Å². The molecule has 40 heavy (non-hydrogen) atoms. The zero-order chi connectivity index (χ0) is 29.0. The fourth-order valence-corrected chi connectivity index (χ4v) is 5.89. The summed E-state index contributed by atoms with van der Waals surface area (Å²) < 4.78 is 31.3. The van der Waals surface area contributed by atoms with E-state index < -0.39 is 11.4 Å². The van der Waals surface area contributed by atoms with Gasteiger partial charge in [-0.3, -0.25) is 0 Å². The summed E-state index contributed by atoms with van der Waals surface area (Å²) in [5.41, 5.74) is 2.24. The number of carbonyl (C=O) groups is 1. The Hall–Kier alpha value is -2.25. The molecule has 0 bridgehead atoms. The number of carbonyl (C=O) groups excluding carboxylic acids is 1. The van der Waals surface area contributed by atoms with Crippen molar-refractivity contribution in [2.45, 2.75) is 122 Å². The molecule has 3 fully saturated rings. The maximum absolute atomic E-state index is 12.1. The van der Waals surface area contributed by atoms with Crippen molar-refractivity contribution in [1.82, 2.24) is 0 Å². The number of benzene rings is 1. The van der Waals surface area contributed by atoms with E-state index in [-0.39, 0.29) is 29.9 Å². The minimum absolute atomic E-state index is 0.00798. The molecule has 6 atom stereocenters. The predicted molar refractivity (Wildman–Crippen MR) is 157 cm³/mol. The molecule has 3 saturated heterocycles. The number of ether oxygens (including phenoxy) is 5. The Morgan fingerprint density at radius 2 is 1.80 bits per heavy atom. The second kappa shape index (κ2) is 12.7. The highest BCUT2D eigenvalue weighted by molar-refractivity contribution is 5.83. The fourth-order valence-electron chi connectivity index (χ4n) is 5.89. The van der Waals surface area contributed by atoms with Crippen molar-refractivity contribution in [2.75, 3.05) is 6.61 Å². The smallest absolute Gasteiger partial charge is 0.331 e. The van der Waals surface area contributed by atoms with E-state index in [0.717, 1.165) is 43.3 Å². The van der Waals surface area contributed by atoms with Gasteiger partial charge in [0.15, 0.2) is 5.79 Å². The van der Waals surface area contributed by atoms with E-state index in [1.165, 1.54) is 5.56 Å². The van der Waals surface area contributed by atoms with E-state index in [9.17, 15) is 4.79 Å². The average molecular weight is 553 g/mol. The van der Waals surface area contributed by atoms with Gasteiger partial charge in [-0.1, -0.05) is 55.5 Å². The normalized spacial score (nSPS) is 33.4. The molecule has 3 aliphatic heterocycles. The van der Waals surface area contributed by atoms with Crippen molar-refractivity contribution in [3.63, 3.8) is 0 Å². The molecule has 0 amide bonds. The molecule has 6 nitrogen and oxygen atoms in total. The van der Waals surface area contributed by atoms with E-state index in [1.54, 1.807) is 6.08 Å². The summed E-state index contributed by atoms with van der Waals surface area (Å²) in [4.78, 5) is 12.1. The van der Waals surface area contributed by atoms with Crippen LogP contribution in [0.1, 0.15) is 86.1 Å². The number of hydrogen-bond acceptors (Lipinski definition) is 6. The van der Waals surface area contributed by atoms with Crippen LogP contribution in [0.5, 0.6) is 0 Å². The third-order valence-corrected chi connectivity index (χ3v) is 8.31. The van der Waals surface area contributed by atoms with Crippen molar-refractivity contribution >= 4 is 5.97 Å². The first-order valence-electron chi connectivity index (χ1n) is 14.8. The molecule has 0 saturated carbocycles. The molecule has 0 N–H and O–H groups in total. The Bertz CT molecular complexity index is 1100. The number of allylic oxidation sites excluding steroid dienone is 4. The number of fused-ring (bicyclic) bond motifs is 1. The minimum atomic E-state index is -0.547. The van der Waals surface area contributed by atoms with Gasteiger partial charge in [0.25, 0.3) is 0 Å². The van der Waals surface area contributed by atoms with Crippen LogP contribution in [0, 0.1) is 5.92 Å². The lowest BCUT2D eigenvalue weighted by molar-refractivity contribution is -0.342. The molecule has 3 aliphatic rings. The molecule has 0 aliphatic carbocycles. The standard InChI is InChI=1S/C34H48O6/c1-24(25(2)20-31(35)40-32(4,5)6)12-11-15-28-16-17-30-33(7,37-28)18-19-34(39-30)26(3)21-29(38-34)23-36-22-27-13-9-8-10-14-27/h8-15,20,26,28-30H,16-19,21-23H2,1-7H3/b15-11+,24-12+,25-20+/t26-,28?,29+,30?,33?,34?/m0/s1. The lowest BCUT2D eigenvalue weighted by atomic mass is 9.79. The summed E-state index contributed by atoms with van der Waals surface area (Å²) in [5.74, 6) is -0.558. The van der Waals surface area contributed by atoms with Crippen LogP contribution in [-0.2, 0) is 35.1 Å². The van der Waals surface area contributed by atoms with Crippen LogP contribution in [0.2, 0.25) is 0 Å². The summed E-state index contributed by atoms with van der Waals surface area (Å²) in [6.45, 7) is 15.1. The lowest BCUT2D eigenvalue weighted by Crippen LogP contribution is -2.59. The van der Waals surface area contributed by atoms with E-state index in [2.05, 4.69) is 32.1 Å². The van der Waals surface area contributed by atoms with Gasteiger partial charge in [-0.15, -0.1) is 0 Å². The average Bonchev–Trinajstić information content (AvgIpc) is 3.18. The largest absolute Gasteiger partial charge is 0.457 e. The first kappa shape index (κ1) is 30.7. The molecule has 4 unspecified atom stereocenters. The molecular formula is C34H48O6. The van der Waals surface area contributed by atoms with Gasteiger partial charge < -0.3 is 23.7 Å². The first-order valence-corrected chi connectivity index (χ1v) is 14.8. The van der Waals surface area contributed by atoms with Crippen LogP contribution in [0.4, 0.5) is 0 Å². The first-order chi connectivity index (χ1) is 18.9. The van der Waals surface area contributed by atoms with E-state index in [4.69, 9.17) is 23.7 Å². The maximum Gasteiger partial charge on any atom is 0.331 e. The van der Waals surface area contributed by atoms with Crippen LogP contribution >= 0.6 is 0 Å². The SMILES string of the molecule is CC(=C\C=C\C1CCC2OC3(CCC2(C)O1)O[C@@H](COCc1ccccc1)C[C@@H]3C)/C(C)=C/C(=O)OC(C)(C)C. The van der Waals surface area contributed by atoms with Gasteiger partial charge in [0.2, 0.25) is 0 Å². The topological polar surface area (TPSA) is 63.2 Å². The fraction of sp³-hybridized carbons (Fsp3) is 0.618. The minimum Gasteiger partial charge on any atom is -0.457 e. The van der Waals surface area contributed by atoms with Crippen LogP contribution < -0.4 is 0 Å². The third-order valence-electron chi connectivity index (χ3n) is 8.31.